The third-order valence-corrected chi connectivity index (χ3v) is 9.25. The molecule has 0 radical (unpaired) electrons. The number of carbonyl (C=O) groups is 2. The number of rotatable bonds is 5. The standard InChI is InChI=1S/C29H37N3O3/c33-27(31-15-5-14-29(19-31)12-1-2-13-29)23-8-3-6-21(16-23)22-7-4-9-24(17-22)32-26(20-10-11-20)25(18-30-32)28(34)35/h4,7,9,17-18,20-21,23H,1-3,5-6,8,10-16,19H2,(H,34,35)/t21?,23-/m0/s1. The minimum atomic E-state index is -0.903. The van der Waals surface area contributed by atoms with E-state index in [9.17, 15) is 14.7 Å². The first-order chi connectivity index (χ1) is 17.0. The van der Waals surface area contributed by atoms with Crippen molar-refractivity contribution in [2.24, 2.45) is 11.3 Å². The highest BCUT2D eigenvalue weighted by Crippen LogP contribution is 2.46. The van der Waals surface area contributed by atoms with Crippen LogP contribution in [0.25, 0.3) is 5.69 Å². The monoisotopic (exact) mass is 475 g/mol. The summed E-state index contributed by atoms with van der Waals surface area (Å²) in [5, 5.41) is 14.1. The van der Waals surface area contributed by atoms with Gasteiger partial charge in [0.15, 0.2) is 0 Å². The van der Waals surface area contributed by atoms with Crippen LogP contribution in [-0.4, -0.2) is 44.8 Å². The molecule has 1 aromatic carbocycles. The van der Waals surface area contributed by atoms with Crippen molar-refractivity contribution in [3.8, 4) is 5.69 Å². The lowest BCUT2D eigenvalue weighted by Gasteiger charge is -2.42. The van der Waals surface area contributed by atoms with Gasteiger partial charge >= 0.3 is 5.97 Å². The van der Waals surface area contributed by atoms with Crippen molar-refractivity contribution < 1.29 is 14.7 Å². The minimum Gasteiger partial charge on any atom is -0.478 e. The second-order valence-corrected chi connectivity index (χ2v) is 11.7. The number of carboxylic acid groups (broad SMARTS) is 1. The van der Waals surface area contributed by atoms with Crippen LogP contribution in [0.15, 0.2) is 30.5 Å². The summed E-state index contributed by atoms with van der Waals surface area (Å²) in [4.78, 5) is 27.6. The van der Waals surface area contributed by atoms with Crippen LogP contribution in [0, 0.1) is 11.3 Å². The number of benzene rings is 1. The Morgan fingerprint density at radius 1 is 0.971 bits per heavy atom. The molecule has 4 aliphatic rings. The fraction of sp³-hybridized carbons (Fsp3) is 0.621. The van der Waals surface area contributed by atoms with Gasteiger partial charge in [-0.3, -0.25) is 4.79 Å². The van der Waals surface area contributed by atoms with Crippen LogP contribution < -0.4 is 0 Å². The molecule has 6 nitrogen and oxygen atoms in total. The molecule has 1 saturated heterocycles. The number of carbonyl (C=O) groups excluding carboxylic acids is 1. The van der Waals surface area contributed by atoms with Gasteiger partial charge in [-0.15, -0.1) is 0 Å². The highest BCUT2D eigenvalue weighted by Gasteiger charge is 2.41. The maximum absolute atomic E-state index is 13.6. The molecule has 3 aliphatic carbocycles. The SMILES string of the molecule is O=C(O)c1cnn(-c2cccc(C3CCC[C@H](C(=O)N4CCCC5(CCCC5)C4)C3)c2)c1C1CC1. The van der Waals surface area contributed by atoms with Crippen LogP contribution in [0.3, 0.4) is 0 Å². The maximum Gasteiger partial charge on any atom is 0.339 e. The third-order valence-electron chi connectivity index (χ3n) is 9.25. The number of nitrogens with zero attached hydrogens (tertiary/aromatic N) is 3. The zero-order valence-corrected chi connectivity index (χ0v) is 20.6. The summed E-state index contributed by atoms with van der Waals surface area (Å²) >= 11 is 0. The predicted octanol–water partition coefficient (Wildman–Crippen LogP) is 5.90. The summed E-state index contributed by atoms with van der Waals surface area (Å²) < 4.78 is 1.84. The Balaban J connectivity index is 1.19. The van der Waals surface area contributed by atoms with Crippen LogP contribution in [-0.2, 0) is 4.79 Å². The van der Waals surface area contributed by atoms with E-state index in [-0.39, 0.29) is 11.8 Å². The second-order valence-electron chi connectivity index (χ2n) is 11.7. The molecule has 1 amide bonds. The Labute approximate surface area is 207 Å². The molecule has 2 atom stereocenters. The van der Waals surface area contributed by atoms with Crippen molar-refractivity contribution >= 4 is 11.9 Å². The van der Waals surface area contributed by atoms with Crippen LogP contribution in [0.2, 0.25) is 0 Å². The van der Waals surface area contributed by atoms with Crippen LogP contribution in [0.5, 0.6) is 0 Å². The van der Waals surface area contributed by atoms with Crippen molar-refractivity contribution in [2.75, 3.05) is 13.1 Å². The number of piperidine rings is 1. The third kappa shape index (κ3) is 4.41. The molecule has 1 N–H and O–H groups in total. The van der Waals surface area contributed by atoms with Gasteiger partial charge in [0.05, 0.1) is 17.6 Å². The number of hydrogen-bond donors (Lipinski definition) is 1. The maximum atomic E-state index is 13.6. The molecule has 1 aromatic heterocycles. The molecule has 186 valence electrons. The number of aromatic carboxylic acids is 1. The highest BCUT2D eigenvalue weighted by atomic mass is 16.4. The van der Waals surface area contributed by atoms with Crippen molar-refractivity contribution in [1.29, 1.82) is 0 Å². The van der Waals surface area contributed by atoms with Crippen molar-refractivity contribution in [1.82, 2.24) is 14.7 Å². The van der Waals surface area contributed by atoms with Gasteiger partial charge in [-0.05, 0) is 86.8 Å². The summed E-state index contributed by atoms with van der Waals surface area (Å²) in [6.07, 6.45) is 15.4. The summed E-state index contributed by atoms with van der Waals surface area (Å²) in [6, 6.07) is 8.43. The Kier molecular flexibility index (Phi) is 5.93. The fourth-order valence-electron chi connectivity index (χ4n) is 7.29. The highest BCUT2D eigenvalue weighted by molar-refractivity contribution is 5.89. The van der Waals surface area contributed by atoms with Crippen LogP contribution in [0.4, 0.5) is 0 Å². The second kappa shape index (κ2) is 9.11. The summed E-state index contributed by atoms with van der Waals surface area (Å²) in [6.45, 7) is 1.92. The van der Waals surface area contributed by atoms with E-state index in [4.69, 9.17) is 0 Å². The molecule has 6 rings (SSSR count). The van der Waals surface area contributed by atoms with E-state index in [1.165, 1.54) is 43.9 Å². The van der Waals surface area contributed by atoms with Gasteiger partial charge in [-0.1, -0.05) is 31.4 Å². The van der Waals surface area contributed by atoms with Crippen molar-refractivity contribution in [3.05, 3.63) is 47.3 Å². The zero-order chi connectivity index (χ0) is 24.0. The number of aromatic nitrogens is 2. The lowest BCUT2D eigenvalue weighted by atomic mass is 9.75. The van der Waals surface area contributed by atoms with E-state index < -0.39 is 5.97 Å². The van der Waals surface area contributed by atoms with E-state index in [0.29, 0.717) is 22.8 Å². The normalized spacial score (nSPS) is 26.2. The molecule has 6 heteroatoms. The Morgan fingerprint density at radius 2 is 1.77 bits per heavy atom. The zero-order valence-electron chi connectivity index (χ0n) is 20.6. The first-order valence-electron chi connectivity index (χ1n) is 13.7. The molecule has 35 heavy (non-hydrogen) atoms. The van der Waals surface area contributed by atoms with Gasteiger partial charge in [0.25, 0.3) is 0 Å². The predicted molar refractivity (Wildman–Crippen MR) is 134 cm³/mol. The quantitative estimate of drug-likeness (QED) is 0.584. The summed E-state index contributed by atoms with van der Waals surface area (Å²) in [5.41, 5.74) is 3.75. The lowest BCUT2D eigenvalue weighted by Crippen LogP contribution is -2.47. The minimum absolute atomic E-state index is 0.124. The van der Waals surface area contributed by atoms with E-state index in [0.717, 1.165) is 69.4 Å². The number of hydrogen-bond acceptors (Lipinski definition) is 3. The summed E-state index contributed by atoms with van der Waals surface area (Å²) in [7, 11) is 0. The first-order valence-corrected chi connectivity index (χ1v) is 13.7. The van der Waals surface area contributed by atoms with Crippen molar-refractivity contribution in [3.63, 3.8) is 0 Å². The average Bonchev–Trinajstić information content (AvgIpc) is 3.47. The van der Waals surface area contributed by atoms with E-state index in [1.807, 2.05) is 10.7 Å². The van der Waals surface area contributed by atoms with Gasteiger partial charge in [0, 0.05) is 24.9 Å². The van der Waals surface area contributed by atoms with Gasteiger partial charge in [0.1, 0.15) is 5.56 Å². The molecule has 3 saturated carbocycles. The molecule has 0 bridgehead atoms. The molecule has 1 unspecified atom stereocenters. The molecule has 2 heterocycles. The fourth-order valence-corrected chi connectivity index (χ4v) is 7.29. The smallest absolute Gasteiger partial charge is 0.339 e. The van der Waals surface area contributed by atoms with E-state index in [1.54, 1.807) is 0 Å². The average molecular weight is 476 g/mol. The largest absolute Gasteiger partial charge is 0.478 e. The Bertz CT molecular complexity index is 1110. The number of carboxylic acids is 1. The molecule has 1 spiro atoms. The summed E-state index contributed by atoms with van der Waals surface area (Å²) in [5.74, 6) is 0.267. The molecular formula is C29H37N3O3. The molecule has 1 aliphatic heterocycles. The van der Waals surface area contributed by atoms with Gasteiger partial charge < -0.3 is 10.0 Å². The van der Waals surface area contributed by atoms with E-state index in [2.05, 4.69) is 28.2 Å². The molecule has 2 aromatic rings. The molecular weight excluding hydrogens is 438 g/mol. The first kappa shape index (κ1) is 22.8. The number of likely N-dealkylation sites (tertiary alicyclic amines) is 1. The number of amides is 1. The van der Waals surface area contributed by atoms with E-state index >= 15 is 0 Å². The van der Waals surface area contributed by atoms with Crippen LogP contribution in [0.1, 0.15) is 111 Å². The van der Waals surface area contributed by atoms with Crippen LogP contribution >= 0.6 is 0 Å². The van der Waals surface area contributed by atoms with Crippen molar-refractivity contribution in [2.45, 2.75) is 88.9 Å². The topological polar surface area (TPSA) is 75.4 Å². The van der Waals surface area contributed by atoms with Gasteiger partial charge in [-0.25, -0.2) is 9.48 Å². The molecule has 4 fully saturated rings. The van der Waals surface area contributed by atoms with Gasteiger partial charge in [0.2, 0.25) is 5.91 Å². The Morgan fingerprint density at radius 3 is 2.54 bits per heavy atom. The lowest BCUT2D eigenvalue weighted by molar-refractivity contribution is -0.140. The van der Waals surface area contributed by atoms with Gasteiger partial charge in [-0.2, -0.15) is 5.10 Å². The Hall–Kier alpha value is -2.63.